The SMILES string of the molecule is CC1(C)O[C@@H]2[C@@H](O1)C(c1ccccc1)(c1ccccc1)OP(=O)(NS(=O)(=O)C(F)(F)F)OC2(c1ccccc1)c1ccccc1. The predicted molar refractivity (Wildman–Crippen MR) is 159 cm³/mol. The van der Waals surface area contributed by atoms with Gasteiger partial charge in [-0.3, -0.25) is 9.05 Å². The van der Waals surface area contributed by atoms with Gasteiger partial charge in [-0.1, -0.05) is 121 Å². The Labute approximate surface area is 258 Å². The van der Waals surface area contributed by atoms with Gasteiger partial charge >= 0.3 is 23.3 Å². The summed E-state index contributed by atoms with van der Waals surface area (Å²) in [6.07, 6.45) is -2.55. The largest absolute Gasteiger partial charge is 0.511 e. The smallest absolute Gasteiger partial charge is 0.341 e. The van der Waals surface area contributed by atoms with Crippen molar-refractivity contribution in [2.24, 2.45) is 0 Å². The van der Waals surface area contributed by atoms with Crippen molar-refractivity contribution in [3.05, 3.63) is 144 Å². The molecule has 13 heteroatoms. The van der Waals surface area contributed by atoms with Crippen molar-refractivity contribution >= 4 is 17.8 Å². The van der Waals surface area contributed by atoms with Crippen molar-refractivity contribution in [3.8, 4) is 0 Å². The second-order valence-corrected chi connectivity index (χ2v) is 14.7. The normalized spacial score (nSPS) is 23.5. The van der Waals surface area contributed by atoms with Crippen LogP contribution in [-0.4, -0.2) is 31.9 Å². The standard InChI is InChI=1S/C32H29F3NO7PS/c1-29(2)40-27-28(41-29)31(25-19-11-5-12-20-25,26-21-13-6-14-22-26)43-44(37,36-45(38,39)32(33,34)35)42-30(27,23-15-7-3-8-16-23)24-17-9-4-10-18-24/h3-22,27-28H,1-2H3,(H,36,37)/t27-,28-/m1/s1. The van der Waals surface area contributed by atoms with Crippen LogP contribution in [-0.2, 0) is 44.3 Å². The lowest BCUT2D eigenvalue weighted by atomic mass is 9.72. The van der Waals surface area contributed by atoms with E-state index in [4.69, 9.17) is 18.5 Å². The first-order chi connectivity index (χ1) is 21.2. The second-order valence-electron chi connectivity index (χ2n) is 11.1. The summed E-state index contributed by atoms with van der Waals surface area (Å²) >= 11 is 0. The second kappa shape index (κ2) is 11.2. The first kappa shape index (κ1) is 31.6. The molecule has 0 bridgehead atoms. The zero-order chi connectivity index (χ0) is 32.1. The van der Waals surface area contributed by atoms with Crippen molar-refractivity contribution in [2.75, 3.05) is 0 Å². The van der Waals surface area contributed by atoms with Crippen LogP contribution < -0.4 is 4.49 Å². The molecule has 6 rings (SSSR count). The van der Waals surface area contributed by atoms with E-state index in [1.54, 1.807) is 135 Å². The van der Waals surface area contributed by atoms with Gasteiger partial charge in [-0.15, -0.1) is 4.49 Å². The highest BCUT2D eigenvalue weighted by atomic mass is 32.2. The summed E-state index contributed by atoms with van der Waals surface area (Å²) in [5.74, 6) is -1.32. The molecular weight excluding hydrogens is 630 g/mol. The lowest BCUT2D eigenvalue weighted by Gasteiger charge is -2.41. The van der Waals surface area contributed by atoms with Gasteiger partial charge in [-0.05, 0) is 36.1 Å². The number of alkyl halides is 3. The molecule has 8 nitrogen and oxygen atoms in total. The van der Waals surface area contributed by atoms with Gasteiger partial charge < -0.3 is 9.47 Å². The highest BCUT2D eigenvalue weighted by molar-refractivity contribution is 7.95. The van der Waals surface area contributed by atoms with Crippen LogP contribution in [0.15, 0.2) is 121 Å². The summed E-state index contributed by atoms with van der Waals surface area (Å²) in [6.45, 7) is 3.32. The number of sulfonamides is 1. The van der Waals surface area contributed by atoms with Gasteiger partial charge in [-0.25, -0.2) is 13.0 Å². The third-order valence-electron chi connectivity index (χ3n) is 7.77. The van der Waals surface area contributed by atoms with E-state index in [9.17, 15) is 21.6 Å². The van der Waals surface area contributed by atoms with Crippen LogP contribution in [0.1, 0.15) is 36.1 Å². The number of rotatable bonds is 6. The Kier molecular flexibility index (Phi) is 7.85. The molecule has 2 atom stereocenters. The van der Waals surface area contributed by atoms with Gasteiger partial charge in [0.15, 0.2) is 17.0 Å². The highest BCUT2D eigenvalue weighted by Gasteiger charge is 2.70. The summed E-state index contributed by atoms with van der Waals surface area (Å²) in [5.41, 5.74) is -8.69. The van der Waals surface area contributed by atoms with Gasteiger partial charge in [-0.2, -0.15) is 13.2 Å². The van der Waals surface area contributed by atoms with E-state index in [2.05, 4.69) is 0 Å². The Hall–Kier alpha value is -3.35. The zero-order valence-electron chi connectivity index (χ0n) is 24.0. The van der Waals surface area contributed by atoms with Crippen molar-refractivity contribution in [2.45, 2.75) is 48.6 Å². The molecular formula is C32H29F3NO7PS. The van der Waals surface area contributed by atoms with Gasteiger partial charge in [0.25, 0.3) is 0 Å². The molecule has 0 radical (unpaired) electrons. The molecule has 0 unspecified atom stereocenters. The lowest BCUT2D eigenvalue weighted by molar-refractivity contribution is -0.176. The number of fused-ring (bicyclic) bond motifs is 1. The first-order valence-electron chi connectivity index (χ1n) is 13.9. The van der Waals surface area contributed by atoms with E-state index in [0.29, 0.717) is 22.3 Å². The minimum Gasteiger partial charge on any atom is -0.341 e. The maximum atomic E-state index is 15.1. The Morgan fingerprint density at radius 3 is 1.18 bits per heavy atom. The molecule has 0 saturated carbocycles. The number of hydrogen-bond acceptors (Lipinski definition) is 7. The summed E-state index contributed by atoms with van der Waals surface area (Å²) < 4.78 is 110. The van der Waals surface area contributed by atoms with E-state index < -0.39 is 52.5 Å². The molecule has 236 valence electrons. The van der Waals surface area contributed by atoms with Crippen LogP contribution in [0, 0.1) is 0 Å². The predicted octanol–water partition coefficient (Wildman–Crippen LogP) is 6.99. The van der Waals surface area contributed by atoms with Gasteiger partial charge in [0.05, 0.1) is 0 Å². The quantitative estimate of drug-likeness (QED) is 0.223. The molecule has 0 spiro atoms. The Bertz CT molecular complexity index is 1620. The number of benzene rings is 4. The first-order valence-corrected chi connectivity index (χ1v) is 16.9. The fraction of sp³-hybridized carbons (Fsp3) is 0.250. The molecule has 4 aromatic rings. The minimum absolute atomic E-state index is 0.305. The number of hydrogen-bond donors (Lipinski definition) is 1. The van der Waals surface area contributed by atoms with Crippen molar-refractivity contribution in [3.63, 3.8) is 0 Å². The molecule has 0 amide bonds. The number of nitrogens with one attached hydrogen (secondary N) is 1. The van der Waals surface area contributed by atoms with Crippen LogP contribution in [0.4, 0.5) is 13.2 Å². The average molecular weight is 660 g/mol. The van der Waals surface area contributed by atoms with Crippen molar-refractivity contribution in [1.82, 2.24) is 4.49 Å². The van der Waals surface area contributed by atoms with Crippen molar-refractivity contribution < 1.29 is 44.7 Å². The van der Waals surface area contributed by atoms with Crippen LogP contribution in [0.2, 0.25) is 0 Å². The Balaban J connectivity index is 1.76. The van der Waals surface area contributed by atoms with E-state index in [-0.39, 0.29) is 0 Å². The monoisotopic (exact) mass is 659 g/mol. The molecule has 4 aromatic carbocycles. The average Bonchev–Trinajstić information content (AvgIpc) is 3.31. The summed E-state index contributed by atoms with van der Waals surface area (Å²) in [6, 6.07) is 33.2. The van der Waals surface area contributed by atoms with E-state index in [1.165, 1.54) is 4.49 Å². The maximum Gasteiger partial charge on any atom is 0.511 e. The molecule has 2 aliphatic heterocycles. The molecule has 1 N–H and O–H groups in total. The minimum atomic E-state index is -6.29. The lowest BCUT2D eigenvalue weighted by Crippen LogP contribution is -2.53. The Morgan fingerprint density at radius 2 is 0.911 bits per heavy atom. The molecule has 0 aromatic heterocycles. The Morgan fingerprint density at radius 1 is 0.622 bits per heavy atom. The summed E-state index contributed by atoms with van der Waals surface area (Å²) in [4.78, 5) is 0. The molecule has 2 saturated heterocycles. The third kappa shape index (κ3) is 5.44. The van der Waals surface area contributed by atoms with Gasteiger partial charge in [0.1, 0.15) is 12.2 Å². The van der Waals surface area contributed by atoms with Gasteiger partial charge in [0, 0.05) is 0 Å². The fourth-order valence-electron chi connectivity index (χ4n) is 6.04. The molecule has 2 fully saturated rings. The third-order valence-corrected chi connectivity index (χ3v) is 11.3. The van der Waals surface area contributed by atoms with Crippen LogP contribution in [0.25, 0.3) is 0 Å². The van der Waals surface area contributed by atoms with Crippen LogP contribution >= 0.6 is 7.75 Å². The maximum absolute atomic E-state index is 15.1. The summed E-state index contributed by atoms with van der Waals surface area (Å²) in [7, 11) is -11.9. The molecule has 45 heavy (non-hydrogen) atoms. The van der Waals surface area contributed by atoms with E-state index in [1.807, 2.05) is 0 Å². The molecule has 0 aliphatic carbocycles. The van der Waals surface area contributed by atoms with Crippen LogP contribution in [0.5, 0.6) is 0 Å². The van der Waals surface area contributed by atoms with Gasteiger partial charge in [0.2, 0.25) is 0 Å². The molecule has 2 aliphatic rings. The summed E-state index contributed by atoms with van der Waals surface area (Å²) in [5, 5.41) is 0. The van der Waals surface area contributed by atoms with E-state index in [0.717, 1.165) is 0 Å². The van der Waals surface area contributed by atoms with E-state index >= 15 is 4.57 Å². The fourth-order valence-corrected chi connectivity index (χ4v) is 9.35. The van der Waals surface area contributed by atoms with Crippen LogP contribution in [0.3, 0.4) is 0 Å². The number of ether oxygens (including phenoxy) is 2. The molecule has 2 heterocycles. The zero-order valence-corrected chi connectivity index (χ0v) is 25.8. The topological polar surface area (TPSA) is 100 Å². The number of halogens is 3. The highest BCUT2D eigenvalue weighted by Crippen LogP contribution is 2.67. The van der Waals surface area contributed by atoms with Crippen molar-refractivity contribution in [1.29, 1.82) is 0 Å².